The molecular formula is C18H14N2O5. The van der Waals surface area contributed by atoms with Gasteiger partial charge in [0.05, 0.1) is 18.2 Å². The third-order valence-electron chi connectivity index (χ3n) is 3.35. The lowest BCUT2D eigenvalue weighted by Gasteiger charge is -2.04. The van der Waals surface area contributed by atoms with E-state index in [1.54, 1.807) is 12.1 Å². The number of nitrogens with zero attached hydrogens (tertiary/aromatic N) is 2. The molecule has 0 aliphatic rings. The van der Waals surface area contributed by atoms with Crippen molar-refractivity contribution in [3.8, 4) is 11.4 Å². The van der Waals surface area contributed by atoms with E-state index in [1.807, 2.05) is 30.3 Å². The van der Waals surface area contributed by atoms with Gasteiger partial charge in [-0.05, 0) is 18.2 Å². The Balaban J connectivity index is 1.65. The lowest BCUT2D eigenvalue weighted by Crippen LogP contribution is -2.08. The second kappa shape index (κ2) is 7.39. The minimum Gasteiger partial charge on any atom is -0.465 e. The molecule has 0 fully saturated rings. The second-order valence-corrected chi connectivity index (χ2v) is 5.03. The fraction of sp³-hybridized carbons (Fsp3) is 0.111. The maximum absolute atomic E-state index is 12.1. The van der Waals surface area contributed by atoms with Gasteiger partial charge in [0, 0.05) is 5.56 Å². The minimum absolute atomic E-state index is 0.166. The van der Waals surface area contributed by atoms with Gasteiger partial charge in [0.2, 0.25) is 5.82 Å². The van der Waals surface area contributed by atoms with E-state index in [9.17, 15) is 9.59 Å². The molecule has 0 saturated heterocycles. The van der Waals surface area contributed by atoms with E-state index in [2.05, 4.69) is 14.9 Å². The van der Waals surface area contributed by atoms with Crippen LogP contribution in [0.1, 0.15) is 26.6 Å². The molecule has 2 aromatic carbocycles. The highest BCUT2D eigenvalue weighted by Crippen LogP contribution is 2.15. The Bertz CT molecular complexity index is 889. The van der Waals surface area contributed by atoms with E-state index in [0.717, 1.165) is 5.56 Å². The summed E-state index contributed by atoms with van der Waals surface area (Å²) in [6.07, 6.45) is 0. The van der Waals surface area contributed by atoms with Crippen molar-refractivity contribution in [3.63, 3.8) is 0 Å². The molecular weight excluding hydrogens is 324 g/mol. The SMILES string of the molecule is COC(=O)c1cccc(C(=O)OCc2nc(-c3ccccc3)no2)c1. The fourth-order valence-corrected chi connectivity index (χ4v) is 2.12. The molecule has 7 heteroatoms. The summed E-state index contributed by atoms with van der Waals surface area (Å²) >= 11 is 0. The quantitative estimate of drug-likeness (QED) is 0.660. The number of rotatable bonds is 5. The number of carbonyl (C=O) groups excluding carboxylic acids is 2. The summed E-state index contributed by atoms with van der Waals surface area (Å²) in [7, 11) is 1.27. The van der Waals surface area contributed by atoms with Crippen LogP contribution < -0.4 is 0 Å². The molecule has 3 aromatic rings. The van der Waals surface area contributed by atoms with Crippen molar-refractivity contribution in [2.24, 2.45) is 0 Å². The number of carbonyl (C=O) groups is 2. The van der Waals surface area contributed by atoms with E-state index in [1.165, 1.54) is 19.2 Å². The number of hydrogen-bond acceptors (Lipinski definition) is 7. The van der Waals surface area contributed by atoms with Gasteiger partial charge in [-0.2, -0.15) is 4.98 Å². The molecule has 3 rings (SSSR count). The molecule has 7 nitrogen and oxygen atoms in total. The summed E-state index contributed by atoms with van der Waals surface area (Å²) in [5.74, 6) is -0.542. The lowest BCUT2D eigenvalue weighted by molar-refractivity contribution is 0.0430. The van der Waals surface area contributed by atoms with Crippen LogP contribution in [0.15, 0.2) is 59.1 Å². The van der Waals surface area contributed by atoms with Gasteiger partial charge in [0.25, 0.3) is 5.89 Å². The van der Waals surface area contributed by atoms with Crippen LogP contribution in [-0.4, -0.2) is 29.2 Å². The maximum Gasteiger partial charge on any atom is 0.338 e. The van der Waals surface area contributed by atoms with Crippen molar-refractivity contribution in [3.05, 3.63) is 71.6 Å². The predicted octanol–water partition coefficient (Wildman–Crippen LogP) is 2.88. The van der Waals surface area contributed by atoms with Crippen molar-refractivity contribution in [1.82, 2.24) is 10.1 Å². The average molecular weight is 338 g/mol. The first-order valence-corrected chi connectivity index (χ1v) is 7.41. The molecule has 0 aliphatic heterocycles. The fourth-order valence-electron chi connectivity index (χ4n) is 2.12. The smallest absolute Gasteiger partial charge is 0.338 e. The molecule has 0 aliphatic carbocycles. The Morgan fingerprint density at radius 2 is 1.72 bits per heavy atom. The molecule has 0 unspecified atom stereocenters. The van der Waals surface area contributed by atoms with Crippen LogP contribution in [0.5, 0.6) is 0 Å². The maximum atomic E-state index is 12.1. The van der Waals surface area contributed by atoms with Crippen LogP contribution in [0.3, 0.4) is 0 Å². The van der Waals surface area contributed by atoms with E-state index < -0.39 is 11.9 Å². The summed E-state index contributed by atoms with van der Waals surface area (Å²) < 4.78 is 14.8. The van der Waals surface area contributed by atoms with Gasteiger partial charge in [-0.15, -0.1) is 0 Å². The zero-order chi connectivity index (χ0) is 17.6. The number of ether oxygens (including phenoxy) is 2. The molecule has 0 radical (unpaired) electrons. The molecule has 0 atom stereocenters. The minimum atomic E-state index is -0.606. The molecule has 0 N–H and O–H groups in total. The van der Waals surface area contributed by atoms with Crippen LogP contribution in [0.4, 0.5) is 0 Å². The molecule has 0 amide bonds. The predicted molar refractivity (Wildman–Crippen MR) is 86.6 cm³/mol. The zero-order valence-electron chi connectivity index (χ0n) is 13.3. The van der Waals surface area contributed by atoms with Crippen LogP contribution in [-0.2, 0) is 16.1 Å². The number of benzene rings is 2. The first-order chi connectivity index (χ1) is 12.2. The molecule has 0 saturated carbocycles. The standard InChI is InChI=1S/C18H14N2O5/c1-23-17(21)13-8-5-9-14(10-13)18(22)24-11-15-19-16(20-25-15)12-6-3-2-4-7-12/h2-10H,11H2,1H3. The van der Waals surface area contributed by atoms with E-state index in [4.69, 9.17) is 9.26 Å². The molecule has 25 heavy (non-hydrogen) atoms. The molecule has 1 aromatic heterocycles. The zero-order valence-corrected chi connectivity index (χ0v) is 13.3. The van der Waals surface area contributed by atoms with Crippen LogP contribution in [0, 0.1) is 0 Å². The summed E-state index contributed by atoms with van der Waals surface area (Å²) in [6.45, 7) is -0.166. The van der Waals surface area contributed by atoms with Crippen molar-refractivity contribution >= 4 is 11.9 Å². The summed E-state index contributed by atoms with van der Waals surface area (Å²) in [5, 5.41) is 3.85. The Morgan fingerprint density at radius 3 is 2.44 bits per heavy atom. The average Bonchev–Trinajstić information content (AvgIpc) is 3.15. The van der Waals surface area contributed by atoms with Gasteiger partial charge >= 0.3 is 11.9 Å². The van der Waals surface area contributed by atoms with Gasteiger partial charge in [0.1, 0.15) is 0 Å². The van der Waals surface area contributed by atoms with Crippen molar-refractivity contribution in [1.29, 1.82) is 0 Å². The van der Waals surface area contributed by atoms with Gasteiger partial charge in [-0.3, -0.25) is 0 Å². The molecule has 126 valence electrons. The Kier molecular flexibility index (Phi) is 4.84. The first kappa shape index (κ1) is 16.4. The second-order valence-electron chi connectivity index (χ2n) is 5.03. The third-order valence-corrected chi connectivity index (χ3v) is 3.35. The highest BCUT2D eigenvalue weighted by molar-refractivity contribution is 5.95. The van der Waals surface area contributed by atoms with E-state index in [-0.39, 0.29) is 23.6 Å². The van der Waals surface area contributed by atoms with Crippen molar-refractivity contribution < 1.29 is 23.6 Å². The van der Waals surface area contributed by atoms with Crippen molar-refractivity contribution in [2.75, 3.05) is 7.11 Å². The Hall–Kier alpha value is -3.48. The van der Waals surface area contributed by atoms with Gasteiger partial charge in [0.15, 0.2) is 6.61 Å². The highest BCUT2D eigenvalue weighted by Gasteiger charge is 2.14. The first-order valence-electron chi connectivity index (χ1n) is 7.41. The summed E-state index contributed by atoms with van der Waals surface area (Å²) in [5.41, 5.74) is 1.29. The third kappa shape index (κ3) is 3.89. The molecule has 1 heterocycles. The summed E-state index contributed by atoms with van der Waals surface area (Å²) in [4.78, 5) is 27.8. The van der Waals surface area contributed by atoms with E-state index in [0.29, 0.717) is 5.82 Å². The van der Waals surface area contributed by atoms with Gasteiger partial charge in [-0.25, -0.2) is 9.59 Å². The normalized spacial score (nSPS) is 10.3. The van der Waals surface area contributed by atoms with Gasteiger partial charge < -0.3 is 14.0 Å². The van der Waals surface area contributed by atoms with E-state index >= 15 is 0 Å². The van der Waals surface area contributed by atoms with Crippen molar-refractivity contribution in [2.45, 2.75) is 6.61 Å². The number of aromatic nitrogens is 2. The lowest BCUT2D eigenvalue weighted by atomic mass is 10.1. The Labute approximate surface area is 143 Å². The molecule has 0 bridgehead atoms. The largest absolute Gasteiger partial charge is 0.465 e. The number of hydrogen-bond donors (Lipinski definition) is 0. The Morgan fingerprint density at radius 1 is 1.00 bits per heavy atom. The number of esters is 2. The molecule has 0 spiro atoms. The number of methoxy groups -OCH3 is 1. The monoisotopic (exact) mass is 338 g/mol. The van der Waals surface area contributed by atoms with Crippen LogP contribution >= 0.6 is 0 Å². The highest BCUT2D eigenvalue weighted by atomic mass is 16.6. The van der Waals surface area contributed by atoms with Crippen LogP contribution in [0.2, 0.25) is 0 Å². The van der Waals surface area contributed by atoms with Gasteiger partial charge in [-0.1, -0.05) is 41.6 Å². The van der Waals surface area contributed by atoms with Crippen LogP contribution in [0.25, 0.3) is 11.4 Å². The topological polar surface area (TPSA) is 91.5 Å². The summed E-state index contributed by atoms with van der Waals surface area (Å²) in [6, 6.07) is 15.4.